The molecule has 0 aromatic heterocycles. The summed E-state index contributed by atoms with van der Waals surface area (Å²) in [6, 6.07) is 8.67. The van der Waals surface area contributed by atoms with Gasteiger partial charge in [-0.05, 0) is 76.9 Å². The van der Waals surface area contributed by atoms with Gasteiger partial charge in [-0.1, -0.05) is 15.9 Å². The van der Waals surface area contributed by atoms with Crippen molar-refractivity contribution >= 4 is 27.7 Å². The average molecular weight is 342 g/mol. The van der Waals surface area contributed by atoms with Crippen molar-refractivity contribution in [2.45, 2.75) is 44.0 Å². The van der Waals surface area contributed by atoms with E-state index >= 15 is 0 Å². The number of nitrogens with zero attached hydrogens (tertiary/aromatic N) is 1. The van der Waals surface area contributed by atoms with Crippen molar-refractivity contribution in [1.82, 2.24) is 4.90 Å². The Morgan fingerprint density at radius 2 is 1.74 bits per heavy atom. The van der Waals surface area contributed by atoms with Crippen LogP contribution in [0.15, 0.2) is 33.6 Å². The zero-order valence-corrected chi connectivity index (χ0v) is 14.6. The van der Waals surface area contributed by atoms with Crippen LogP contribution in [0.5, 0.6) is 0 Å². The molecule has 2 rings (SSSR count). The van der Waals surface area contributed by atoms with Crippen LogP contribution in [0.3, 0.4) is 0 Å². The largest absolute Gasteiger partial charge is 0.298 e. The van der Waals surface area contributed by atoms with Crippen LogP contribution in [0.4, 0.5) is 0 Å². The molecule has 19 heavy (non-hydrogen) atoms. The summed E-state index contributed by atoms with van der Waals surface area (Å²) in [5, 5.41) is 0. The second kappa shape index (κ2) is 6.64. The zero-order chi connectivity index (χ0) is 13.9. The fourth-order valence-corrected chi connectivity index (χ4v) is 3.87. The van der Waals surface area contributed by atoms with Crippen molar-refractivity contribution < 1.29 is 0 Å². The minimum Gasteiger partial charge on any atom is -0.298 e. The van der Waals surface area contributed by atoms with E-state index < -0.39 is 0 Å². The van der Waals surface area contributed by atoms with E-state index in [9.17, 15) is 0 Å². The highest BCUT2D eigenvalue weighted by molar-refractivity contribution is 9.10. The SMILES string of the molecule is CC(C)(C)N1CCC(CSc2ccc(Br)cc2)CC1. The molecular formula is C16H24BrNS. The zero-order valence-electron chi connectivity index (χ0n) is 12.2. The number of halogens is 1. The first-order chi connectivity index (χ1) is 8.95. The lowest BCUT2D eigenvalue weighted by molar-refractivity contribution is 0.0926. The fourth-order valence-electron chi connectivity index (χ4n) is 2.52. The molecule has 106 valence electrons. The van der Waals surface area contributed by atoms with Gasteiger partial charge in [0.15, 0.2) is 0 Å². The summed E-state index contributed by atoms with van der Waals surface area (Å²) in [6.45, 7) is 9.49. The second-order valence-electron chi connectivity index (χ2n) is 6.37. The number of piperidine rings is 1. The molecule has 0 radical (unpaired) electrons. The van der Waals surface area contributed by atoms with Crippen LogP contribution in [0.2, 0.25) is 0 Å². The van der Waals surface area contributed by atoms with Gasteiger partial charge in [-0.2, -0.15) is 0 Å². The topological polar surface area (TPSA) is 3.24 Å². The molecule has 0 bridgehead atoms. The quantitative estimate of drug-likeness (QED) is 0.707. The Balaban J connectivity index is 1.75. The van der Waals surface area contributed by atoms with E-state index in [1.807, 2.05) is 11.8 Å². The first-order valence-electron chi connectivity index (χ1n) is 7.08. The number of hydrogen-bond acceptors (Lipinski definition) is 2. The van der Waals surface area contributed by atoms with Crippen LogP contribution in [0.25, 0.3) is 0 Å². The highest BCUT2D eigenvalue weighted by Crippen LogP contribution is 2.29. The van der Waals surface area contributed by atoms with Crippen molar-refractivity contribution in [3.63, 3.8) is 0 Å². The third-order valence-corrected chi connectivity index (χ3v) is 5.63. The van der Waals surface area contributed by atoms with Gasteiger partial charge in [-0.3, -0.25) is 4.90 Å². The summed E-state index contributed by atoms with van der Waals surface area (Å²) >= 11 is 5.49. The molecule has 0 saturated carbocycles. The number of rotatable bonds is 3. The van der Waals surface area contributed by atoms with E-state index in [0.717, 1.165) is 10.4 Å². The summed E-state index contributed by atoms with van der Waals surface area (Å²) in [4.78, 5) is 4.01. The molecule has 0 spiro atoms. The van der Waals surface area contributed by atoms with Gasteiger partial charge in [0.25, 0.3) is 0 Å². The van der Waals surface area contributed by atoms with Crippen LogP contribution in [-0.4, -0.2) is 29.3 Å². The molecule has 1 aliphatic heterocycles. The molecule has 1 nitrogen and oxygen atoms in total. The molecule has 1 heterocycles. The number of thioether (sulfide) groups is 1. The van der Waals surface area contributed by atoms with E-state index in [0.29, 0.717) is 5.54 Å². The Labute approximate surface area is 130 Å². The average Bonchev–Trinajstić information content (AvgIpc) is 2.37. The lowest BCUT2D eigenvalue weighted by Crippen LogP contribution is -2.46. The Morgan fingerprint density at radius 3 is 2.26 bits per heavy atom. The van der Waals surface area contributed by atoms with Crippen molar-refractivity contribution in [3.8, 4) is 0 Å². The van der Waals surface area contributed by atoms with Crippen LogP contribution in [0, 0.1) is 5.92 Å². The lowest BCUT2D eigenvalue weighted by atomic mass is 9.94. The monoisotopic (exact) mass is 341 g/mol. The Bertz CT molecular complexity index is 388. The minimum absolute atomic E-state index is 0.337. The summed E-state index contributed by atoms with van der Waals surface area (Å²) in [6.07, 6.45) is 2.70. The predicted molar refractivity (Wildman–Crippen MR) is 88.9 cm³/mol. The van der Waals surface area contributed by atoms with Crippen molar-refractivity contribution in [2.24, 2.45) is 5.92 Å². The van der Waals surface area contributed by atoms with Gasteiger partial charge in [0.05, 0.1) is 0 Å². The van der Waals surface area contributed by atoms with Gasteiger partial charge in [0.1, 0.15) is 0 Å². The number of hydrogen-bond donors (Lipinski definition) is 0. The highest BCUT2D eigenvalue weighted by atomic mass is 79.9. The Kier molecular flexibility index (Phi) is 5.38. The maximum absolute atomic E-state index is 3.48. The minimum atomic E-state index is 0.337. The van der Waals surface area contributed by atoms with Crippen LogP contribution in [-0.2, 0) is 0 Å². The van der Waals surface area contributed by atoms with Gasteiger partial charge in [0.2, 0.25) is 0 Å². The fraction of sp³-hybridized carbons (Fsp3) is 0.625. The summed E-state index contributed by atoms with van der Waals surface area (Å²) in [5.41, 5.74) is 0.337. The molecular weight excluding hydrogens is 318 g/mol. The van der Waals surface area contributed by atoms with E-state index in [2.05, 4.69) is 65.9 Å². The van der Waals surface area contributed by atoms with E-state index in [-0.39, 0.29) is 0 Å². The predicted octanol–water partition coefficient (Wildman–Crippen LogP) is 5.05. The molecule has 1 aliphatic rings. The van der Waals surface area contributed by atoms with E-state index in [1.54, 1.807) is 0 Å². The van der Waals surface area contributed by atoms with E-state index in [4.69, 9.17) is 0 Å². The van der Waals surface area contributed by atoms with E-state index in [1.165, 1.54) is 36.6 Å². The smallest absolute Gasteiger partial charge is 0.0176 e. The molecule has 3 heteroatoms. The second-order valence-corrected chi connectivity index (χ2v) is 8.38. The normalized spacial score (nSPS) is 18.7. The summed E-state index contributed by atoms with van der Waals surface area (Å²) in [5.74, 6) is 2.15. The molecule has 0 amide bonds. The van der Waals surface area contributed by atoms with Crippen LogP contribution >= 0.6 is 27.7 Å². The summed E-state index contributed by atoms with van der Waals surface area (Å²) < 4.78 is 1.16. The first-order valence-corrected chi connectivity index (χ1v) is 8.86. The first kappa shape index (κ1) is 15.4. The maximum atomic E-state index is 3.48. The van der Waals surface area contributed by atoms with Gasteiger partial charge < -0.3 is 0 Å². The molecule has 0 atom stereocenters. The molecule has 0 N–H and O–H groups in total. The molecule has 1 saturated heterocycles. The standard InChI is InChI=1S/C16H24BrNS/c1-16(2,3)18-10-8-13(9-11-18)12-19-15-6-4-14(17)5-7-15/h4-7,13H,8-12H2,1-3H3. The molecule has 1 aromatic rings. The number of benzene rings is 1. The highest BCUT2D eigenvalue weighted by Gasteiger charge is 2.26. The third kappa shape index (κ3) is 4.80. The molecule has 1 aromatic carbocycles. The van der Waals surface area contributed by atoms with Crippen molar-refractivity contribution in [3.05, 3.63) is 28.7 Å². The molecule has 0 unspecified atom stereocenters. The number of likely N-dealkylation sites (tertiary alicyclic amines) is 1. The third-order valence-electron chi connectivity index (χ3n) is 3.86. The van der Waals surface area contributed by atoms with Crippen molar-refractivity contribution in [2.75, 3.05) is 18.8 Å². The Hall–Kier alpha value is 0.01000. The van der Waals surface area contributed by atoms with Gasteiger partial charge in [0, 0.05) is 20.7 Å². The van der Waals surface area contributed by atoms with Gasteiger partial charge >= 0.3 is 0 Å². The lowest BCUT2D eigenvalue weighted by Gasteiger charge is -2.40. The van der Waals surface area contributed by atoms with Gasteiger partial charge in [-0.25, -0.2) is 0 Å². The van der Waals surface area contributed by atoms with Crippen molar-refractivity contribution in [1.29, 1.82) is 0 Å². The van der Waals surface area contributed by atoms with Crippen LogP contribution < -0.4 is 0 Å². The maximum Gasteiger partial charge on any atom is 0.0176 e. The molecule has 0 aliphatic carbocycles. The molecule has 1 fully saturated rings. The Morgan fingerprint density at radius 1 is 1.16 bits per heavy atom. The van der Waals surface area contributed by atoms with Gasteiger partial charge in [-0.15, -0.1) is 11.8 Å². The summed E-state index contributed by atoms with van der Waals surface area (Å²) in [7, 11) is 0. The van der Waals surface area contributed by atoms with Crippen LogP contribution in [0.1, 0.15) is 33.6 Å².